The molecule has 0 bridgehead atoms. The molecule has 0 amide bonds. The van der Waals surface area contributed by atoms with E-state index in [-0.39, 0.29) is 45.5 Å². The fourth-order valence-electron chi connectivity index (χ4n) is 0.502. The van der Waals surface area contributed by atoms with Gasteiger partial charge in [-0.3, -0.25) is 0 Å². The molecular weight excluding hydrogens is 355 g/mol. The van der Waals surface area contributed by atoms with E-state index < -0.39 is 6.16 Å². The number of rotatable bonds is 0. The molecule has 0 aromatic heterocycles. The van der Waals surface area contributed by atoms with Gasteiger partial charge in [-0.1, -0.05) is 0 Å². The van der Waals surface area contributed by atoms with Crippen LogP contribution in [0.4, 0.5) is 4.79 Å². The molecule has 11 heavy (non-hydrogen) atoms. The smallest absolute Gasteiger partial charge is 0.443 e. The van der Waals surface area contributed by atoms with Crippen molar-refractivity contribution in [3.05, 3.63) is 12.7 Å². The minimum atomic E-state index is -0.634. The Hall–Kier alpha value is 0.543. The van der Waals surface area contributed by atoms with Crippen molar-refractivity contribution in [2.24, 2.45) is 5.92 Å². The van der Waals surface area contributed by atoms with E-state index in [1.165, 1.54) is 6.61 Å². The third-order valence-corrected chi connectivity index (χ3v) is 1.25. The van der Waals surface area contributed by atoms with Crippen molar-refractivity contribution in [2.75, 3.05) is 0 Å². The summed E-state index contributed by atoms with van der Waals surface area (Å²) in [7, 11) is 0. The summed E-state index contributed by atoms with van der Waals surface area (Å²) in [6.45, 7) is 5.10. The van der Waals surface area contributed by atoms with E-state index in [4.69, 9.17) is 0 Å². The number of hydrogen-bond acceptors (Lipinski definition) is 3. The first-order valence-electron chi connectivity index (χ1n) is 2.75. The van der Waals surface area contributed by atoms with Crippen LogP contribution < -0.4 is 0 Å². The summed E-state index contributed by atoms with van der Waals surface area (Å²) in [5.74, 6) is 0.114. The Morgan fingerprint density at radius 1 is 1.64 bits per heavy atom. The number of hydrogen-bond donors (Lipinski definition) is 0. The fraction of sp³-hybridized carbons (Fsp3) is 0.500. The van der Waals surface area contributed by atoms with Gasteiger partial charge in [0.05, 0.1) is 0 Å². The van der Waals surface area contributed by atoms with Crippen LogP contribution >= 0.6 is 0 Å². The summed E-state index contributed by atoms with van der Waals surface area (Å²) in [5.41, 5.74) is 0. The molecule has 1 aliphatic rings. The SMILES string of the molecule is C[C-]1OC(=O)O[CH-]C1C.[V].[W]. The maximum absolute atomic E-state index is 10.3. The van der Waals surface area contributed by atoms with Gasteiger partial charge in [-0.2, -0.15) is 19.6 Å². The zero-order valence-corrected chi connectivity index (χ0v) is 10.6. The second-order valence-electron chi connectivity index (χ2n) is 2.01. The van der Waals surface area contributed by atoms with Crippen LogP contribution in [-0.2, 0) is 49.1 Å². The first-order chi connectivity index (χ1) is 4.20. The predicted molar refractivity (Wildman–Crippen MR) is 29.9 cm³/mol. The summed E-state index contributed by atoms with van der Waals surface area (Å²) >= 11 is 0. The maximum atomic E-state index is 10.3. The fourth-order valence-corrected chi connectivity index (χ4v) is 0.502. The third-order valence-electron chi connectivity index (χ3n) is 1.25. The van der Waals surface area contributed by atoms with Gasteiger partial charge in [0.2, 0.25) is 0 Å². The summed E-state index contributed by atoms with van der Waals surface area (Å²) < 4.78 is 9.08. The standard InChI is InChI=1S/C6H8O3.V.W/c1-4-3-8-6(7)9-5(4)2;;/h3-4H,1-2H3;;/q-2;;. The van der Waals surface area contributed by atoms with Crippen LogP contribution in [0.3, 0.4) is 0 Å². The van der Waals surface area contributed by atoms with E-state index in [0.717, 1.165) is 0 Å². The van der Waals surface area contributed by atoms with Crippen LogP contribution in [0.5, 0.6) is 0 Å². The molecule has 5 heteroatoms. The molecule has 1 rings (SSSR count). The Labute approximate surface area is 92.3 Å². The number of carbonyl (C=O) groups is 1. The number of cyclic esters (lactones) is 2. The van der Waals surface area contributed by atoms with Crippen molar-refractivity contribution < 1.29 is 53.9 Å². The van der Waals surface area contributed by atoms with Gasteiger partial charge in [-0.15, -0.1) is 6.92 Å². The number of carbonyl (C=O) groups excluding carboxylic acids is 1. The van der Waals surface area contributed by atoms with Crippen LogP contribution in [0.1, 0.15) is 13.8 Å². The molecule has 0 aromatic carbocycles. The predicted octanol–water partition coefficient (Wildman–Crippen LogP) is 1.50. The van der Waals surface area contributed by atoms with E-state index in [0.29, 0.717) is 6.10 Å². The van der Waals surface area contributed by atoms with Gasteiger partial charge in [0.25, 0.3) is 0 Å². The van der Waals surface area contributed by atoms with Crippen molar-refractivity contribution in [2.45, 2.75) is 13.8 Å². The molecule has 1 atom stereocenters. The Balaban J connectivity index is 0. The van der Waals surface area contributed by atoms with E-state index in [1.54, 1.807) is 6.92 Å². The molecule has 1 heterocycles. The Kier molecular flexibility index (Phi) is 7.82. The van der Waals surface area contributed by atoms with Crippen molar-refractivity contribution in [3.8, 4) is 0 Å². The van der Waals surface area contributed by atoms with Crippen molar-refractivity contribution in [1.29, 1.82) is 0 Å². The average molecular weight is 363 g/mol. The van der Waals surface area contributed by atoms with Gasteiger partial charge in [0, 0.05) is 39.6 Å². The molecule has 1 saturated heterocycles. The third kappa shape index (κ3) is 4.20. The molecule has 1 unspecified atom stereocenters. The molecule has 0 aliphatic carbocycles. The Morgan fingerprint density at radius 3 is 2.55 bits per heavy atom. The van der Waals surface area contributed by atoms with E-state index in [9.17, 15) is 4.79 Å². The second-order valence-corrected chi connectivity index (χ2v) is 2.01. The normalized spacial score (nSPS) is 23.8. The molecule has 0 aromatic rings. The minimum Gasteiger partial charge on any atom is -0.610 e. The molecule has 3 nitrogen and oxygen atoms in total. The van der Waals surface area contributed by atoms with Crippen LogP contribution in [0.25, 0.3) is 0 Å². The first-order valence-corrected chi connectivity index (χ1v) is 2.75. The molecule has 0 N–H and O–H groups in total. The van der Waals surface area contributed by atoms with Gasteiger partial charge in [0.1, 0.15) is 0 Å². The molecular formula is C6H8O3VW-2. The minimum absolute atomic E-state index is 0. The van der Waals surface area contributed by atoms with E-state index >= 15 is 0 Å². The molecule has 1 aliphatic heterocycles. The van der Waals surface area contributed by atoms with Gasteiger partial charge in [-0.25, -0.2) is 10.7 Å². The topological polar surface area (TPSA) is 35.5 Å². The molecule has 0 saturated carbocycles. The molecule has 1 fully saturated rings. The second kappa shape index (κ2) is 6.10. The first kappa shape index (κ1) is 14.1. The van der Waals surface area contributed by atoms with Crippen LogP contribution in [0.2, 0.25) is 0 Å². The zero-order valence-electron chi connectivity index (χ0n) is 6.23. The van der Waals surface area contributed by atoms with Crippen molar-refractivity contribution in [3.63, 3.8) is 0 Å². The van der Waals surface area contributed by atoms with Crippen molar-refractivity contribution in [1.82, 2.24) is 0 Å². The van der Waals surface area contributed by atoms with Gasteiger partial charge < -0.3 is 9.47 Å². The summed E-state index contributed by atoms with van der Waals surface area (Å²) in [6, 6.07) is 0. The summed E-state index contributed by atoms with van der Waals surface area (Å²) in [4.78, 5) is 10.3. The quantitative estimate of drug-likeness (QED) is 0.484. The van der Waals surface area contributed by atoms with E-state index in [2.05, 4.69) is 9.47 Å². The van der Waals surface area contributed by atoms with Crippen molar-refractivity contribution >= 4 is 6.16 Å². The van der Waals surface area contributed by atoms with Crippen LogP contribution in [-0.4, -0.2) is 6.16 Å². The number of ether oxygens (including phenoxy) is 2. The van der Waals surface area contributed by atoms with Gasteiger partial charge in [-0.05, 0) is 0 Å². The van der Waals surface area contributed by atoms with E-state index in [1.807, 2.05) is 6.92 Å². The average Bonchev–Trinajstić information content (AvgIpc) is 1.80. The monoisotopic (exact) mass is 363 g/mol. The maximum Gasteiger partial charge on any atom is 0.443 e. The summed E-state index contributed by atoms with van der Waals surface area (Å²) in [5, 5.41) is 0. The molecule has 63 valence electrons. The molecule has 1 radical (unpaired) electrons. The largest absolute Gasteiger partial charge is 0.610 e. The zero-order chi connectivity index (χ0) is 6.85. The summed E-state index contributed by atoms with van der Waals surface area (Å²) in [6.07, 6.45) is 0.0526. The van der Waals surface area contributed by atoms with Gasteiger partial charge >= 0.3 is 6.16 Å². The van der Waals surface area contributed by atoms with Crippen LogP contribution in [0, 0.1) is 18.6 Å². The molecule has 0 spiro atoms. The Bertz CT molecular complexity index is 131. The van der Waals surface area contributed by atoms with Crippen LogP contribution in [0.15, 0.2) is 0 Å². The van der Waals surface area contributed by atoms with Gasteiger partial charge in [0.15, 0.2) is 0 Å². The Morgan fingerprint density at radius 2 is 2.18 bits per heavy atom.